The van der Waals surface area contributed by atoms with E-state index in [1.807, 2.05) is 0 Å². The number of carbonyl (C=O) groups is 1. The van der Waals surface area contributed by atoms with Crippen molar-refractivity contribution >= 4 is 17.3 Å². The number of anilines is 1. The normalized spacial score (nSPS) is 12.5. The predicted molar refractivity (Wildman–Crippen MR) is 80.5 cm³/mol. The van der Waals surface area contributed by atoms with E-state index in [4.69, 9.17) is 5.11 Å². The molecule has 24 heavy (non-hydrogen) atoms. The van der Waals surface area contributed by atoms with Crippen LogP contribution in [-0.4, -0.2) is 35.1 Å². The summed E-state index contributed by atoms with van der Waals surface area (Å²) in [5.41, 5.74) is -1.92. The first-order valence-corrected chi connectivity index (χ1v) is 7.15. The molecule has 3 N–H and O–H groups in total. The van der Waals surface area contributed by atoms with Gasteiger partial charge >= 0.3 is 6.18 Å². The summed E-state index contributed by atoms with van der Waals surface area (Å²) in [5.74, 6) is -0.335. The Bertz CT molecular complexity index is 591. The van der Waals surface area contributed by atoms with Crippen LogP contribution in [0, 0.1) is 10.1 Å². The largest absolute Gasteiger partial charge is 0.416 e. The van der Waals surface area contributed by atoms with Gasteiger partial charge in [0.15, 0.2) is 0 Å². The van der Waals surface area contributed by atoms with E-state index < -0.39 is 28.5 Å². The number of halogens is 3. The van der Waals surface area contributed by atoms with Crippen LogP contribution in [0.2, 0.25) is 0 Å². The SMILES string of the molecule is CC(O)CCNC(=O)CCNc1ccc(C(F)(F)F)cc1[N+](=O)[O-]. The molecule has 1 atom stereocenters. The zero-order chi connectivity index (χ0) is 18.3. The number of nitrogens with one attached hydrogen (secondary N) is 2. The average Bonchev–Trinajstić information content (AvgIpc) is 2.45. The maximum atomic E-state index is 12.6. The monoisotopic (exact) mass is 349 g/mol. The lowest BCUT2D eigenvalue weighted by Gasteiger charge is -2.11. The molecule has 0 heterocycles. The van der Waals surface area contributed by atoms with E-state index in [1.54, 1.807) is 6.92 Å². The van der Waals surface area contributed by atoms with Crippen molar-refractivity contribution in [1.82, 2.24) is 5.32 Å². The molecule has 134 valence electrons. The third kappa shape index (κ3) is 6.41. The number of nitrogens with zero attached hydrogens (tertiary/aromatic N) is 1. The summed E-state index contributed by atoms with van der Waals surface area (Å²) in [6.07, 6.45) is -4.84. The first-order chi connectivity index (χ1) is 11.1. The Hall–Kier alpha value is -2.36. The molecule has 0 aliphatic heterocycles. The summed E-state index contributed by atoms with van der Waals surface area (Å²) in [4.78, 5) is 21.5. The van der Waals surface area contributed by atoms with Crippen LogP contribution in [-0.2, 0) is 11.0 Å². The third-order valence-electron chi connectivity index (χ3n) is 3.07. The molecule has 0 aliphatic carbocycles. The Balaban J connectivity index is 2.62. The van der Waals surface area contributed by atoms with Crippen LogP contribution in [0.5, 0.6) is 0 Å². The molecule has 0 radical (unpaired) electrons. The van der Waals surface area contributed by atoms with Crippen molar-refractivity contribution in [2.24, 2.45) is 0 Å². The summed E-state index contributed by atoms with van der Waals surface area (Å²) in [5, 5.41) is 25.1. The number of nitro groups is 1. The summed E-state index contributed by atoms with van der Waals surface area (Å²) < 4.78 is 37.7. The molecule has 7 nitrogen and oxygen atoms in total. The Labute approximate surface area is 136 Å². The fourth-order valence-corrected chi connectivity index (χ4v) is 1.83. The Morgan fingerprint density at radius 3 is 2.58 bits per heavy atom. The van der Waals surface area contributed by atoms with E-state index in [0.717, 1.165) is 12.1 Å². The third-order valence-corrected chi connectivity index (χ3v) is 3.07. The van der Waals surface area contributed by atoms with Crippen molar-refractivity contribution in [1.29, 1.82) is 0 Å². The molecule has 1 unspecified atom stereocenters. The fourth-order valence-electron chi connectivity index (χ4n) is 1.83. The molecule has 0 saturated heterocycles. The lowest BCUT2D eigenvalue weighted by atomic mass is 10.1. The summed E-state index contributed by atoms with van der Waals surface area (Å²) >= 11 is 0. The second-order valence-electron chi connectivity index (χ2n) is 5.15. The molecule has 0 bridgehead atoms. The number of nitro benzene ring substituents is 1. The molecule has 10 heteroatoms. The van der Waals surface area contributed by atoms with E-state index in [1.165, 1.54) is 0 Å². The molecule has 1 aromatic rings. The van der Waals surface area contributed by atoms with Gasteiger partial charge in [-0.3, -0.25) is 14.9 Å². The Morgan fingerprint density at radius 1 is 1.38 bits per heavy atom. The van der Waals surface area contributed by atoms with Crippen molar-refractivity contribution in [3.05, 3.63) is 33.9 Å². The molecular formula is C14H18F3N3O4. The first-order valence-electron chi connectivity index (χ1n) is 7.15. The summed E-state index contributed by atoms with van der Waals surface area (Å²) in [6, 6.07) is 2.15. The standard InChI is InChI=1S/C14H18F3N3O4/c1-9(21)4-6-19-13(22)5-7-18-11-3-2-10(14(15,16)17)8-12(11)20(23)24/h2-3,8-9,18,21H,4-7H2,1H3,(H,19,22). The number of aliphatic hydroxyl groups is 1. The van der Waals surface area contributed by atoms with Gasteiger partial charge in [0.05, 0.1) is 16.6 Å². The second-order valence-corrected chi connectivity index (χ2v) is 5.15. The fraction of sp³-hybridized carbons (Fsp3) is 0.500. The summed E-state index contributed by atoms with van der Waals surface area (Å²) in [7, 11) is 0. The quantitative estimate of drug-likeness (QED) is 0.493. The number of aliphatic hydroxyl groups excluding tert-OH is 1. The highest BCUT2D eigenvalue weighted by Crippen LogP contribution is 2.34. The smallest absolute Gasteiger partial charge is 0.393 e. The highest BCUT2D eigenvalue weighted by atomic mass is 19.4. The second kappa shape index (κ2) is 8.48. The number of benzene rings is 1. The first kappa shape index (κ1) is 19.7. The van der Waals surface area contributed by atoms with Crippen LogP contribution in [0.1, 0.15) is 25.3 Å². The Kier molecular flexibility index (Phi) is 6.96. The van der Waals surface area contributed by atoms with Gasteiger partial charge in [0.1, 0.15) is 5.69 Å². The molecule has 0 saturated carbocycles. The van der Waals surface area contributed by atoms with E-state index in [2.05, 4.69) is 10.6 Å². The van der Waals surface area contributed by atoms with Crippen molar-refractivity contribution < 1.29 is 28.0 Å². The van der Waals surface area contributed by atoms with Gasteiger partial charge < -0.3 is 15.7 Å². The molecule has 0 spiro atoms. The molecule has 1 aromatic carbocycles. The van der Waals surface area contributed by atoms with Crippen LogP contribution in [0.4, 0.5) is 24.5 Å². The van der Waals surface area contributed by atoms with E-state index in [0.29, 0.717) is 12.5 Å². The maximum Gasteiger partial charge on any atom is 0.416 e. The zero-order valence-corrected chi connectivity index (χ0v) is 12.9. The van der Waals surface area contributed by atoms with Gasteiger partial charge in [-0.2, -0.15) is 13.2 Å². The highest BCUT2D eigenvalue weighted by molar-refractivity contribution is 5.76. The lowest BCUT2D eigenvalue weighted by molar-refractivity contribution is -0.384. The predicted octanol–water partition coefficient (Wildman–Crippen LogP) is 2.30. The molecule has 0 aromatic heterocycles. The molecular weight excluding hydrogens is 331 g/mol. The van der Waals surface area contributed by atoms with Gasteiger partial charge in [-0.25, -0.2) is 0 Å². The van der Waals surface area contributed by atoms with Gasteiger partial charge in [0.25, 0.3) is 5.69 Å². The van der Waals surface area contributed by atoms with Crippen LogP contribution < -0.4 is 10.6 Å². The minimum absolute atomic E-state index is 0.0159. The van der Waals surface area contributed by atoms with Crippen molar-refractivity contribution in [3.63, 3.8) is 0 Å². The molecule has 1 amide bonds. The van der Waals surface area contributed by atoms with Crippen LogP contribution in [0.15, 0.2) is 18.2 Å². The number of carbonyl (C=O) groups excluding carboxylic acids is 1. The average molecular weight is 349 g/mol. The molecule has 0 fully saturated rings. The van der Waals surface area contributed by atoms with E-state index in [9.17, 15) is 28.1 Å². The summed E-state index contributed by atoms with van der Waals surface area (Å²) in [6.45, 7) is 1.89. The van der Waals surface area contributed by atoms with Crippen LogP contribution in [0.25, 0.3) is 0 Å². The number of hydrogen-bond donors (Lipinski definition) is 3. The van der Waals surface area contributed by atoms with E-state index >= 15 is 0 Å². The molecule has 1 rings (SSSR count). The van der Waals surface area contributed by atoms with Crippen molar-refractivity contribution in [3.8, 4) is 0 Å². The minimum Gasteiger partial charge on any atom is -0.393 e. The van der Waals surface area contributed by atoms with Gasteiger partial charge in [0, 0.05) is 25.6 Å². The number of rotatable bonds is 8. The van der Waals surface area contributed by atoms with Crippen molar-refractivity contribution in [2.45, 2.75) is 32.0 Å². The van der Waals surface area contributed by atoms with Gasteiger partial charge in [0.2, 0.25) is 5.91 Å². The number of hydrogen-bond acceptors (Lipinski definition) is 5. The van der Waals surface area contributed by atoms with Gasteiger partial charge in [-0.05, 0) is 25.5 Å². The van der Waals surface area contributed by atoms with Gasteiger partial charge in [-0.1, -0.05) is 0 Å². The lowest BCUT2D eigenvalue weighted by Crippen LogP contribution is -2.28. The van der Waals surface area contributed by atoms with Gasteiger partial charge in [-0.15, -0.1) is 0 Å². The van der Waals surface area contributed by atoms with Crippen molar-refractivity contribution in [2.75, 3.05) is 18.4 Å². The van der Waals surface area contributed by atoms with E-state index in [-0.39, 0.29) is 31.1 Å². The number of alkyl halides is 3. The zero-order valence-electron chi connectivity index (χ0n) is 12.9. The molecule has 0 aliphatic rings. The van der Waals surface area contributed by atoms with Crippen LogP contribution >= 0.6 is 0 Å². The maximum absolute atomic E-state index is 12.6. The topological polar surface area (TPSA) is 104 Å². The van der Waals surface area contributed by atoms with Crippen LogP contribution in [0.3, 0.4) is 0 Å². The number of amides is 1. The highest BCUT2D eigenvalue weighted by Gasteiger charge is 2.33. The Morgan fingerprint density at radius 2 is 2.04 bits per heavy atom. The minimum atomic E-state index is -4.67.